The zero-order valence-corrected chi connectivity index (χ0v) is 17.9. The number of amides is 1. The summed E-state index contributed by atoms with van der Waals surface area (Å²) in [4.78, 5) is 23.3. The largest absolute Gasteiger partial charge is 0.507 e. The Balaban J connectivity index is 1.80. The molecule has 0 fully saturated rings. The summed E-state index contributed by atoms with van der Waals surface area (Å²) in [5, 5.41) is 13.0. The van der Waals surface area contributed by atoms with Crippen LogP contribution in [0, 0.1) is 6.92 Å². The molecular weight excluding hydrogens is 390 g/mol. The Hall–Kier alpha value is -3.60. The van der Waals surface area contributed by atoms with E-state index >= 15 is 0 Å². The molecular formula is C26H27NO4. The van der Waals surface area contributed by atoms with Crippen molar-refractivity contribution < 1.29 is 19.4 Å². The number of carbonyl (C=O) groups is 2. The highest BCUT2D eigenvalue weighted by Crippen LogP contribution is 2.33. The molecule has 0 bridgehead atoms. The van der Waals surface area contributed by atoms with E-state index in [0.717, 1.165) is 40.7 Å². The summed E-state index contributed by atoms with van der Waals surface area (Å²) in [6.07, 6.45) is 2.88. The summed E-state index contributed by atoms with van der Waals surface area (Å²) < 4.78 is 6.14. The number of nitrogens with one attached hydrogen (secondary N) is 1. The molecule has 0 heterocycles. The molecule has 3 aromatic carbocycles. The van der Waals surface area contributed by atoms with Crippen LogP contribution in [-0.4, -0.2) is 17.3 Å². The highest BCUT2D eigenvalue weighted by atomic mass is 16.5. The summed E-state index contributed by atoms with van der Waals surface area (Å²) >= 11 is 0. The number of aldehydes is 1. The number of rotatable bonds is 9. The molecule has 0 radical (unpaired) electrons. The van der Waals surface area contributed by atoms with Crippen LogP contribution in [0.15, 0.2) is 60.7 Å². The first kappa shape index (κ1) is 22.1. The molecule has 31 heavy (non-hydrogen) atoms. The van der Waals surface area contributed by atoms with Crippen molar-refractivity contribution in [2.24, 2.45) is 0 Å². The molecule has 0 saturated carbocycles. The van der Waals surface area contributed by atoms with E-state index in [9.17, 15) is 14.7 Å². The molecule has 2 N–H and O–H groups in total. The SMILES string of the molecule is CCc1cc(CCC=O)cc(C)c1Oc1ccc(O)c(C(=O)NCc2ccccc2)c1. The molecule has 0 aliphatic rings. The minimum atomic E-state index is -0.372. The van der Waals surface area contributed by atoms with Gasteiger partial charge >= 0.3 is 0 Å². The van der Waals surface area contributed by atoms with E-state index in [1.807, 2.05) is 50.2 Å². The Labute approximate surface area is 182 Å². The van der Waals surface area contributed by atoms with Crippen LogP contribution in [0.1, 0.15) is 46.0 Å². The molecule has 0 aromatic heterocycles. The van der Waals surface area contributed by atoms with Crippen LogP contribution in [0.4, 0.5) is 0 Å². The van der Waals surface area contributed by atoms with Gasteiger partial charge in [0.2, 0.25) is 0 Å². The van der Waals surface area contributed by atoms with Gasteiger partial charge in [0, 0.05) is 13.0 Å². The van der Waals surface area contributed by atoms with Crippen molar-refractivity contribution in [3.63, 3.8) is 0 Å². The minimum absolute atomic E-state index is 0.102. The number of hydrogen-bond acceptors (Lipinski definition) is 4. The van der Waals surface area contributed by atoms with Crippen LogP contribution < -0.4 is 10.1 Å². The van der Waals surface area contributed by atoms with Crippen molar-refractivity contribution in [3.05, 3.63) is 88.5 Å². The number of benzene rings is 3. The summed E-state index contributed by atoms with van der Waals surface area (Å²) in [6.45, 7) is 4.38. The first-order valence-corrected chi connectivity index (χ1v) is 10.4. The van der Waals surface area contributed by atoms with E-state index in [0.29, 0.717) is 25.1 Å². The molecule has 3 aromatic rings. The molecule has 0 spiro atoms. The second-order valence-electron chi connectivity index (χ2n) is 7.41. The second kappa shape index (κ2) is 10.4. The van der Waals surface area contributed by atoms with Gasteiger partial charge in [-0.05, 0) is 60.2 Å². The molecule has 0 aliphatic carbocycles. The lowest BCUT2D eigenvalue weighted by Gasteiger charge is -2.16. The predicted octanol–water partition coefficient (Wildman–Crippen LogP) is 5.12. The van der Waals surface area contributed by atoms with Gasteiger partial charge in [-0.1, -0.05) is 49.4 Å². The third kappa shape index (κ3) is 5.72. The van der Waals surface area contributed by atoms with Gasteiger partial charge in [0.25, 0.3) is 5.91 Å². The van der Waals surface area contributed by atoms with Gasteiger partial charge in [-0.3, -0.25) is 4.79 Å². The average molecular weight is 418 g/mol. The first-order chi connectivity index (χ1) is 15.0. The van der Waals surface area contributed by atoms with Crippen molar-refractivity contribution in [1.29, 1.82) is 0 Å². The fourth-order valence-corrected chi connectivity index (χ4v) is 3.46. The van der Waals surface area contributed by atoms with Gasteiger partial charge in [-0.25, -0.2) is 0 Å². The molecule has 5 nitrogen and oxygen atoms in total. The van der Waals surface area contributed by atoms with Crippen LogP contribution >= 0.6 is 0 Å². The van der Waals surface area contributed by atoms with Crippen LogP contribution in [0.3, 0.4) is 0 Å². The van der Waals surface area contributed by atoms with Crippen LogP contribution in [0.2, 0.25) is 0 Å². The number of ether oxygens (including phenoxy) is 1. The Morgan fingerprint density at radius 3 is 2.55 bits per heavy atom. The van der Waals surface area contributed by atoms with E-state index < -0.39 is 0 Å². The van der Waals surface area contributed by atoms with Crippen molar-refractivity contribution in [2.45, 2.75) is 39.7 Å². The van der Waals surface area contributed by atoms with Gasteiger partial charge in [0.05, 0.1) is 5.56 Å². The standard InChI is InChI=1S/C26H27NO4/c1-3-21-15-20(10-7-13-28)14-18(2)25(21)31-22-11-12-24(29)23(16-22)26(30)27-17-19-8-5-4-6-9-19/h4-6,8-9,11-16,29H,3,7,10,17H2,1-2H3,(H,27,30). The maximum atomic E-state index is 12.6. The Morgan fingerprint density at radius 1 is 1.06 bits per heavy atom. The summed E-state index contributed by atoms with van der Waals surface area (Å²) in [5.74, 6) is 0.734. The van der Waals surface area contributed by atoms with Crippen molar-refractivity contribution >= 4 is 12.2 Å². The zero-order valence-electron chi connectivity index (χ0n) is 17.9. The first-order valence-electron chi connectivity index (χ1n) is 10.4. The Morgan fingerprint density at radius 2 is 1.84 bits per heavy atom. The number of aryl methyl sites for hydroxylation is 3. The number of phenols is 1. The van der Waals surface area contributed by atoms with Crippen LogP contribution in [0.25, 0.3) is 0 Å². The van der Waals surface area contributed by atoms with E-state index in [2.05, 4.69) is 11.4 Å². The van der Waals surface area contributed by atoms with Gasteiger partial charge in [-0.15, -0.1) is 0 Å². The van der Waals surface area contributed by atoms with E-state index in [4.69, 9.17) is 4.74 Å². The lowest BCUT2D eigenvalue weighted by atomic mass is 10.00. The molecule has 0 unspecified atom stereocenters. The van der Waals surface area contributed by atoms with Crippen LogP contribution in [0.5, 0.6) is 17.2 Å². The Kier molecular flexibility index (Phi) is 7.44. The highest BCUT2D eigenvalue weighted by molar-refractivity contribution is 5.97. The summed E-state index contributed by atoms with van der Waals surface area (Å²) in [6, 6.07) is 18.3. The topological polar surface area (TPSA) is 75.6 Å². The second-order valence-corrected chi connectivity index (χ2v) is 7.41. The highest BCUT2D eigenvalue weighted by Gasteiger charge is 2.15. The molecule has 1 amide bonds. The van der Waals surface area contributed by atoms with Crippen molar-refractivity contribution in [1.82, 2.24) is 5.32 Å². The van der Waals surface area contributed by atoms with Gasteiger partial charge < -0.3 is 20.0 Å². The fourth-order valence-electron chi connectivity index (χ4n) is 3.46. The Bertz CT molecular complexity index is 1060. The number of carbonyl (C=O) groups excluding carboxylic acids is 2. The quantitative estimate of drug-likeness (QED) is 0.474. The van der Waals surface area contributed by atoms with Gasteiger partial charge in [-0.2, -0.15) is 0 Å². The molecule has 5 heteroatoms. The summed E-state index contributed by atoms with van der Waals surface area (Å²) in [5.41, 5.74) is 4.22. The van der Waals surface area contributed by atoms with E-state index in [-0.39, 0.29) is 17.2 Å². The van der Waals surface area contributed by atoms with Crippen LogP contribution in [-0.2, 0) is 24.2 Å². The van der Waals surface area contributed by atoms with Crippen molar-refractivity contribution in [2.75, 3.05) is 0 Å². The number of aromatic hydroxyl groups is 1. The van der Waals surface area contributed by atoms with E-state index in [1.54, 1.807) is 12.1 Å². The molecule has 160 valence electrons. The molecule has 0 aliphatic heterocycles. The summed E-state index contributed by atoms with van der Waals surface area (Å²) in [7, 11) is 0. The van der Waals surface area contributed by atoms with Crippen molar-refractivity contribution in [3.8, 4) is 17.2 Å². The molecule has 3 rings (SSSR count). The number of phenolic OH excluding ortho intramolecular Hbond substituents is 1. The van der Waals surface area contributed by atoms with Gasteiger partial charge in [0.15, 0.2) is 0 Å². The monoisotopic (exact) mass is 417 g/mol. The third-order valence-electron chi connectivity index (χ3n) is 5.07. The lowest BCUT2D eigenvalue weighted by molar-refractivity contribution is -0.107. The third-order valence-corrected chi connectivity index (χ3v) is 5.07. The maximum Gasteiger partial charge on any atom is 0.255 e. The lowest BCUT2D eigenvalue weighted by Crippen LogP contribution is -2.22. The fraction of sp³-hybridized carbons (Fsp3) is 0.231. The van der Waals surface area contributed by atoms with Gasteiger partial charge in [0.1, 0.15) is 23.5 Å². The smallest absolute Gasteiger partial charge is 0.255 e. The predicted molar refractivity (Wildman–Crippen MR) is 121 cm³/mol. The minimum Gasteiger partial charge on any atom is -0.507 e. The average Bonchev–Trinajstić information content (AvgIpc) is 2.79. The molecule has 0 atom stereocenters. The molecule has 0 saturated heterocycles. The normalized spacial score (nSPS) is 10.5. The number of hydrogen-bond donors (Lipinski definition) is 2. The maximum absolute atomic E-state index is 12.6. The zero-order chi connectivity index (χ0) is 22.2. The van der Waals surface area contributed by atoms with E-state index in [1.165, 1.54) is 6.07 Å².